The number of rotatable bonds is 3. The van der Waals surface area contributed by atoms with Crippen LogP contribution in [0.3, 0.4) is 0 Å². The molecule has 1 saturated heterocycles. The largest absolute Gasteiger partial charge is 0.336 e. The highest BCUT2D eigenvalue weighted by Gasteiger charge is 2.30. The molecular weight excluding hydrogens is 343 g/mol. The molecule has 1 heterocycles. The number of halogens is 1. The monoisotopic (exact) mass is 362 g/mol. The Hall–Kier alpha value is -2.25. The van der Waals surface area contributed by atoms with Crippen molar-refractivity contribution in [3.05, 3.63) is 65.5 Å². The summed E-state index contributed by atoms with van der Waals surface area (Å²) in [5.74, 6) is -0.565. The van der Waals surface area contributed by atoms with Gasteiger partial charge in [-0.2, -0.15) is 4.31 Å². The maximum absolute atomic E-state index is 13.0. The molecule has 5 nitrogen and oxygen atoms in total. The van der Waals surface area contributed by atoms with Gasteiger partial charge in [0, 0.05) is 31.7 Å². The van der Waals surface area contributed by atoms with Gasteiger partial charge in [0.15, 0.2) is 0 Å². The highest BCUT2D eigenvalue weighted by atomic mass is 32.2. The second kappa shape index (κ2) is 6.93. The Morgan fingerprint density at radius 1 is 0.960 bits per heavy atom. The van der Waals surface area contributed by atoms with Crippen molar-refractivity contribution in [2.24, 2.45) is 0 Å². The fourth-order valence-corrected chi connectivity index (χ4v) is 4.29. The molecule has 1 aliphatic heterocycles. The van der Waals surface area contributed by atoms with Gasteiger partial charge in [-0.05, 0) is 42.8 Å². The van der Waals surface area contributed by atoms with Crippen molar-refractivity contribution in [1.82, 2.24) is 9.21 Å². The lowest BCUT2D eigenvalue weighted by atomic mass is 10.1. The molecule has 0 bridgehead atoms. The summed E-state index contributed by atoms with van der Waals surface area (Å²) in [4.78, 5) is 14.3. The molecule has 0 aromatic heterocycles. The predicted octanol–water partition coefficient (Wildman–Crippen LogP) is 2.28. The van der Waals surface area contributed by atoms with Crippen molar-refractivity contribution in [1.29, 1.82) is 0 Å². The van der Waals surface area contributed by atoms with Crippen molar-refractivity contribution in [3.63, 3.8) is 0 Å². The Morgan fingerprint density at radius 2 is 1.56 bits per heavy atom. The van der Waals surface area contributed by atoms with E-state index in [-0.39, 0.29) is 23.9 Å². The van der Waals surface area contributed by atoms with Gasteiger partial charge in [0.25, 0.3) is 5.91 Å². The molecule has 1 aliphatic rings. The highest BCUT2D eigenvalue weighted by Crippen LogP contribution is 2.19. The maximum Gasteiger partial charge on any atom is 0.254 e. The SMILES string of the molecule is Cc1ccccc1C(=O)N1CCN(S(=O)(=O)c2ccc(F)cc2)CC1. The van der Waals surface area contributed by atoms with Crippen LogP contribution in [0.15, 0.2) is 53.4 Å². The van der Waals surface area contributed by atoms with Crippen LogP contribution in [0.25, 0.3) is 0 Å². The average molecular weight is 362 g/mol. The van der Waals surface area contributed by atoms with Gasteiger partial charge in [-0.3, -0.25) is 4.79 Å². The third-order valence-electron chi connectivity index (χ3n) is 4.35. The van der Waals surface area contributed by atoms with Crippen LogP contribution in [0, 0.1) is 12.7 Å². The van der Waals surface area contributed by atoms with Gasteiger partial charge in [0.2, 0.25) is 10.0 Å². The van der Waals surface area contributed by atoms with Crippen LogP contribution in [0.1, 0.15) is 15.9 Å². The first-order valence-electron chi connectivity index (χ1n) is 8.00. The lowest BCUT2D eigenvalue weighted by Crippen LogP contribution is -2.50. The number of carbonyl (C=O) groups is 1. The van der Waals surface area contributed by atoms with Crippen molar-refractivity contribution in [3.8, 4) is 0 Å². The predicted molar refractivity (Wildman–Crippen MR) is 92.2 cm³/mol. The first kappa shape index (κ1) is 17.6. The summed E-state index contributed by atoms with van der Waals surface area (Å²) in [5, 5.41) is 0. The van der Waals surface area contributed by atoms with Gasteiger partial charge < -0.3 is 4.90 Å². The molecule has 7 heteroatoms. The summed E-state index contributed by atoms with van der Waals surface area (Å²) in [6.07, 6.45) is 0. The molecule has 132 valence electrons. The summed E-state index contributed by atoms with van der Waals surface area (Å²) in [6.45, 7) is 2.97. The molecule has 2 aromatic rings. The van der Waals surface area contributed by atoms with E-state index in [1.54, 1.807) is 11.0 Å². The molecule has 0 unspecified atom stereocenters. The standard InChI is InChI=1S/C18H19FN2O3S/c1-14-4-2-3-5-17(14)18(22)20-10-12-21(13-11-20)25(23,24)16-8-6-15(19)7-9-16/h2-9H,10-13H2,1H3. The zero-order chi connectivity index (χ0) is 18.0. The molecule has 0 radical (unpaired) electrons. The van der Waals surface area contributed by atoms with Crippen molar-refractivity contribution < 1.29 is 17.6 Å². The van der Waals surface area contributed by atoms with Crippen LogP contribution in [0.4, 0.5) is 4.39 Å². The van der Waals surface area contributed by atoms with E-state index in [2.05, 4.69) is 0 Å². The number of amides is 1. The van der Waals surface area contributed by atoms with E-state index >= 15 is 0 Å². The van der Waals surface area contributed by atoms with E-state index in [0.717, 1.165) is 17.7 Å². The molecule has 0 atom stereocenters. The molecule has 0 aliphatic carbocycles. The Bertz CT molecular complexity index is 873. The quantitative estimate of drug-likeness (QED) is 0.842. The van der Waals surface area contributed by atoms with Crippen LogP contribution in [0.5, 0.6) is 0 Å². The molecule has 0 N–H and O–H groups in total. The molecule has 1 amide bonds. The van der Waals surface area contributed by atoms with Gasteiger partial charge in [-0.1, -0.05) is 18.2 Å². The third-order valence-corrected chi connectivity index (χ3v) is 6.27. The van der Waals surface area contributed by atoms with Crippen molar-refractivity contribution in [2.75, 3.05) is 26.2 Å². The normalized spacial score (nSPS) is 16.0. The van der Waals surface area contributed by atoms with Gasteiger partial charge in [-0.15, -0.1) is 0 Å². The van der Waals surface area contributed by atoms with E-state index in [4.69, 9.17) is 0 Å². The highest BCUT2D eigenvalue weighted by molar-refractivity contribution is 7.89. The minimum atomic E-state index is -3.67. The van der Waals surface area contributed by atoms with Crippen LogP contribution >= 0.6 is 0 Å². The Labute approximate surface area is 146 Å². The first-order chi connectivity index (χ1) is 11.9. The van der Waals surface area contributed by atoms with Gasteiger partial charge in [0.05, 0.1) is 4.90 Å². The molecule has 2 aromatic carbocycles. The Morgan fingerprint density at radius 3 is 2.16 bits per heavy atom. The van der Waals surface area contributed by atoms with Gasteiger partial charge >= 0.3 is 0 Å². The van der Waals surface area contributed by atoms with Gasteiger partial charge in [0.1, 0.15) is 5.82 Å². The lowest BCUT2D eigenvalue weighted by molar-refractivity contribution is 0.0697. The summed E-state index contributed by atoms with van der Waals surface area (Å²) in [6, 6.07) is 12.1. The van der Waals surface area contributed by atoms with E-state index in [9.17, 15) is 17.6 Å². The number of hydrogen-bond acceptors (Lipinski definition) is 3. The zero-order valence-electron chi connectivity index (χ0n) is 13.9. The average Bonchev–Trinajstić information content (AvgIpc) is 2.62. The number of aryl methyl sites for hydroxylation is 1. The number of carbonyl (C=O) groups excluding carboxylic acids is 1. The summed E-state index contributed by atoms with van der Waals surface area (Å²) in [5.41, 5.74) is 1.53. The van der Waals surface area contributed by atoms with Crippen LogP contribution in [-0.2, 0) is 10.0 Å². The molecule has 3 rings (SSSR count). The number of sulfonamides is 1. The number of nitrogens with zero attached hydrogens (tertiary/aromatic N) is 2. The Balaban J connectivity index is 1.70. The van der Waals surface area contributed by atoms with Crippen molar-refractivity contribution >= 4 is 15.9 Å². The fraction of sp³-hybridized carbons (Fsp3) is 0.278. The second-order valence-corrected chi connectivity index (χ2v) is 7.90. The number of piperazine rings is 1. The summed E-state index contributed by atoms with van der Waals surface area (Å²) in [7, 11) is -3.67. The van der Waals surface area contributed by atoms with Gasteiger partial charge in [-0.25, -0.2) is 12.8 Å². The van der Waals surface area contributed by atoms with E-state index in [1.807, 2.05) is 25.1 Å². The summed E-state index contributed by atoms with van der Waals surface area (Å²) >= 11 is 0. The molecule has 0 spiro atoms. The smallest absolute Gasteiger partial charge is 0.254 e. The number of hydrogen-bond donors (Lipinski definition) is 0. The maximum atomic E-state index is 13.0. The van der Waals surface area contributed by atoms with E-state index in [0.29, 0.717) is 18.7 Å². The zero-order valence-corrected chi connectivity index (χ0v) is 14.7. The van der Waals surface area contributed by atoms with Crippen molar-refractivity contribution in [2.45, 2.75) is 11.8 Å². The van der Waals surface area contributed by atoms with Crippen LogP contribution in [0.2, 0.25) is 0 Å². The second-order valence-electron chi connectivity index (χ2n) is 5.97. The van der Waals surface area contributed by atoms with Crippen LogP contribution < -0.4 is 0 Å². The minimum absolute atomic E-state index is 0.0626. The molecule has 0 saturated carbocycles. The van der Waals surface area contributed by atoms with E-state index < -0.39 is 15.8 Å². The number of benzene rings is 2. The van der Waals surface area contributed by atoms with Crippen LogP contribution in [-0.4, -0.2) is 49.7 Å². The topological polar surface area (TPSA) is 57.7 Å². The fourth-order valence-electron chi connectivity index (χ4n) is 2.87. The van der Waals surface area contributed by atoms with E-state index in [1.165, 1.54) is 16.4 Å². The lowest BCUT2D eigenvalue weighted by Gasteiger charge is -2.34. The third kappa shape index (κ3) is 3.57. The molecule has 1 fully saturated rings. The molecular formula is C18H19FN2O3S. The minimum Gasteiger partial charge on any atom is -0.336 e. The Kier molecular flexibility index (Phi) is 4.87. The first-order valence-corrected chi connectivity index (χ1v) is 9.44. The molecule has 25 heavy (non-hydrogen) atoms. The summed E-state index contributed by atoms with van der Waals surface area (Å²) < 4.78 is 39.5.